The topological polar surface area (TPSA) is 200 Å². The number of nitrogens with zero attached hydrogens (tertiary/aromatic N) is 1. The number of hydrogen-bond acceptors (Lipinski definition) is 10. The molecule has 0 radical (unpaired) electrons. The zero-order chi connectivity index (χ0) is 33.9. The number of hydrogen-bond donors (Lipinski definition) is 6. The molecule has 12 nitrogen and oxygen atoms in total. The Balaban J connectivity index is 1.38. The van der Waals surface area contributed by atoms with E-state index in [1.54, 1.807) is 68.7 Å². The number of ketones is 2. The molecule has 242 valence electrons. The van der Waals surface area contributed by atoms with Gasteiger partial charge in [0, 0.05) is 22.7 Å². The number of carbonyl (C=O) groups is 4. The standard InChI is InChI=1S/C35H33N3O9/c1-38(2)28-23-15-18-14-22-21(16-4-8-19(9-5-16)37-34(45)17-6-10-20(47-3)11-7-17)12-13-24(39)26(22)29(40)25(18)31(42)35(23,46)32(43)27(30(28)41)33(36)44/h4-13,18,23,28,39-40,43,46H,14-15H2,1-3H3,(H2,36,44)(H,37,45)/t18-,23-,28-,35-/m0/s1. The van der Waals surface area contributed by atoms with E-state index < -0.39 is 58.0 Å². The number of aromatic hydroxyl groups is 1. The zero-order valence-electron chi connectivity index (χ0n) is 25.8. The molecule has 3 aromatic rings. The molecule has 0 aliphatic heterocycles. The maximum atomic E-state index is 14.0. The van der Waals surface area contributed by atoms with Crippen LogP contribution in [0.3, 0.4) is 0 Å². The predicted molar refractivity (Wildman–Crippen MR) is 171 cm³/mol. The number of phenols is 1. The molecule has 0 bridgehead atoms. The van der Waals surface area contributed by atoms with Crippen molar-refractivity contribution in [2.75, 3.05) is 26.5 Å². The van der Waals surface area contributed by atoms with E-state index in [9.17, 15) is 39.6 Å². The number of phenolic OH excluding ortho intramolecular Hbond substituents is 1. The van der Waals surface area contributed by atoms with E-state index in [1.165, 1.54) is 18.1 Å². The second-order valence-electron chi connectivity index (χ2n) is 12.2. The Kier molecular flexibility index (Phi) is 7.65. The Labute approximate surface area is 269 Å². The lowest BCUT2D eigenvalue weighted by molar-refractivity contribution is -0.153. The van der Waals surface area contributed by atoms with Crippen molar-refractivity contribution in [2.45, 2.75) is 24.5 Å². The smallest absolute Gasteiger partial charge is 0.255 e. The lowest BCUT2D eigenvalue weighted by Crippen LogP contribution is -2.65. The van der Waals surface area contributed by atoms with Crippen LogP contribution in [-0.2, 0) is 20.8 Å². The van der Waals surface area contributed by atoms with Gasteiger partial charge < -0.3 is 36.2 Å². The lowest BCUT2D eigenvalue weighted by Gasteiger charge is -2.50. The number of ether oxygens (including phenoxy) is 1. The van der Waals surface area contributed by atoms with Gasteiger partial charge in [-0.05, 0) is 92.0 Å². The molecular formula is C35H33N3O9. The van der Waals surface area contributed by atoms with Gasteiger partial charge in [0.05, 0.1) is 18.7 Å². The van der Waals surface area contributed by atoms with Gasteiger partial charge >= 0.3 is 0 Å². The van der Waals surface area contributed by atoms with Crippen LogP contribution in [0.4, 0.5) is 5.69 Å². The van der Waals surface area contributed by atoms with E-state index >= 15 is 0 Å². The number of nitrogens with one attached hydrogen (secondary N) is 1. The fraction of sp³-hybridized carbons (Fsp3) is 0.257. The highest BCUT2D eigenvalue weighted by Gasteiger charge is 2.64. The highest BCUT2D eigenvalue weighted by atomic mass is 16.5. The molecule has 4 atom stereocenters. The van der Waals surface area contributed by atoms with Crippen LogP contribution in [0.2, 0.25) is 0 Å². The quantitative estimate of drug-likeness (QED) is 0.218. The Bertz CT molecular complexity index is 1910. The number of aliphatic hydroxyl groups excluding tert-OH is 2. The molecule has 3 aromatic carbocycles. The summed E-state index contributed by atoms with van der Waals surface area (Å²) < 4.78 is 5.14. The van der Waals surface area contributed by atoms with Gasteiger partial charge in [0.1, 0.15) is 28.6 Å². The molecule has 1 saturated carbocycles. The van der Waals surface area contributed by atoms with E-state index in [4.69, 9.17) is 10.5 Å². The Morgan fingerprint density at radius 3 is 2.23 bits per heavy atom. The summed E-state index contributed by atoms with van der Waals surface area (Å²) in [5.74, 6) is -6.74. The second kappa shape index (κ2) is 11.4. The van der Waals surface area contributed by atoms with Gasteiger partial charge in [-0.25, -0.2) is 0 Å². The SMILES string of the molecule is COc1ccc(C(=O)Nc2ccc(-c3ccc(O)c4c3C[C@H]3C[C@H]5[C@H](N(C)C)C(=O)C(C(N)=O)=C(O)[C@@]5(O)C(=O)C3=C4O)cc2)cc1. The van der Waals surface area contributed by atoms with Crippen LogP contribution in [0.1, 0.15) is 27.9 Å². The van der Waals surface area contributed by atoms with E-state index in [0.29, 0.717) is 33.7 Å². The minimum absolute atomic E-state index is 0.00401. The fourth-order valence-electron chi connectivity index (χ4n) is 7.19. The number of likely N-dealkylation sites (N-methyl/N-ethyl adjacent to an activating group) is 1. The summed E-state index contributed by atoms with van der Waals surface area (Å²) in [7, 11) is 4.64. The molecule has 47 heavy (non-hydrogen) atoms. The normalized spacial score (nSPS) is 23.6. The molecule has 2 amide bonds. The van der Waals surface area contributed by atoms with Gasteiger partial charge in [-0.1, -0.05) is 18.2 Å². The first-order valence-corrected chi connectivity index (χ1v) is 14.8. The predicted octanol–water partition coefficient (Wildman–Crippen LogP) is 2.89. The van der Waals surface area contributed by atoms with Crippen molar-refractivity contribution < 1.29 is 44.3 Å². The summed E-state index contributed by atoms with van der Waals surface area (Å²) in [4.78, 5) is 53.8. The molecule has 1 fully saturated rings. The maximum Gasteiger partial charge on any atom is 0.255 e. The first kappa shape index (κ1) is 31.5. The third-order valence-electron chi connectivity index (χ3n) is 9.41. The van der Waals surface area contributed by atoms with Crippen molar-refractivity contribution >= 4 is 34.8 Å². The third kappa shape index (κ3) is 4.84. The lowest BCUT2D eigenvalue weighted by atomic mass is 9.57. The van der Waals surface area contributed by atoms with Crippen molar-refractivity contribution in [3.8, 4) is 22.6 Å². The molecule has 6 rings (SSSR count). The van der Waals surface area contributed by atoms with Crippen LogP contribution in [0.5, 0.6) is 11.5 Å². The number of methoxy groups -OCH3 is 1. The Morgan fingerprint density at radius 1 is 0.979 bits per heavy atom. The highest BCUT2D eigenvalue weighted by Crippen LogP contribution is 2.53. The molecule has 0 saturated heterocycles. The number of primary amides is 1. The van der Waals surface area contributed by atoms with E-state index in [2.05, 4.69) is 5.32 Å². The molecule has 0 spiro atoms. The number of carbonyl (C=O) groups excluding carboxylic acids is 4. The zero-order valence-corrected chi connectivity index (χ0v) is 25.8. The number of Topliss-reactive ketones (excluding diaryl/α,β-unsaturated/α-hetero) is 2. The van der Waals surface area contributed by atoms with Crippen molar-refractivity contribution in [3.63, 3.8) is 0 Å². The molecule has 0 heterocycles. The van der Waals surface area contributed by atoms with Crippen molar-refractivity contribution in [1.82, 2.24) is 4.90 Å². The number of benzene rings is 3. The van der Waals surface area contributed by atoms with E-state index in [-0.39, 0.29) is 35.6 Å². The highest BCUT2D eigenvalue weighted by molar-refractivity contribution is 6.24. The van der Waals surface area contributed by atoms with Crippen molar-refractivity contribution in [2.24, 2.45) is 17.6 Å². The van der Waals surface area contributed by atoms with Crippen LogP contribution in [0.25, 0.3) is 16.9 Å². The van der Waals surface area contributed by atoms with Gasteiger partial charge in [0.2, 0.25) is 5.78 Å². The van der Waals surface area contributed by atoms with Crippen LogP contribution in [-0.4, -0.2) is 81.6 Å². The number of aliphatic hydroxyl groups is 3. The average Bonchev–Trinajstić information content (AvgIpc) is 3.03. The minimum Gasteiger partial charge on any atom is -0.508 e. The molecule has 7 N–H and O–H groups in total. The first-order chi connectivity index (χ1) is 22.3. The van der Waals surface area contributed by atoms with Gasteiger partial charge in [-0.3, -0.25) is 24.1 Å². The Hall–Kier alpha value is -5.46. The van der Waals surface area contributed by atoms with Crippen LogP contribution in [0, 0.1) is 11.8 Å². The molecule has 0 aromatic heterocycles. The summed E-state index contributed by atoms with van der Waals surface area (Å²) in [6, 6.07) is 15.5. The number of nitrogens with two attached hydrogens (primary N) is 1. The van der Waals surface area contributed by atoms with Crippen LogP contribution < -0.4 is 15.8 Å². The monoisotopic (exact) mass is 639 g/mol. The van der Waals surface area contributed by atoms with Crippen molar-refractivity contribution in [1.29, 1.82) is 0 Å². The molecule has 12 heteroatoms. The van der Waals surface area contributed by atoms with Crippen LogP contribution in [0.15, 0.2) is 77.6 Å². The second-order valence-corrected chi connectivity index (χ2v) is 12.2. The largest absolute Gasteiger partial charge is 0.508 e. The number of amides is 2. The number of rotatable bonds is 6. The molecular weight excluding hydrogens is 606 g/mol. The minimum atomic E-state index is -2.70. The molecule has 3 aliphatic rings. The summed E-state index contributed by atoms with van der Waals surface area (Å²) in [5, 5.41) is 48.0. The van der Waals surface area contributed by atoms with Gasteiger partial charge in [0.25, 0.3) is 11.8 Å². The van der Waals surface area contributed by atoms with Gasteiger partial charge in [-0.2, -0.15) is 0 Å². The molecule has 3 aliphatic carbocycles. The third-order valence-corrected chi connectivity index (χ3v) is 9.41. The van der Waals surface area contributed by atoms with Crippen molar-refractivity contribution in [3.05, 3.63) is 94.3 Å². The average molecular weight is 640 g/mol. The number of fused-ring (bicyclic) bond motifs is 3. The summed E-state index contributed by atoms with van der Waals surface area (Å²) in [6.07, 6.45) is 0.130. The summed E-state index contributed by atoms with van der Waals surface area (Å²) in [5.41, 5.74) is 4.45. The molecule has 0 unspecified atom stereocenters. The number of anilines is 1. The van der Waals surface area contributed by atoms with E-state index in [0.717, 1.165) is 0 Å². The van der Waals surface area contributed by atoms with Gasteiger partial charge in [0.15, 0.2) is 11.4 Å². The first-order valence-electron chi connectivity index (χ1n) is 14.8. The van der Waals surface area contributed by atoms with Crippen LogP contribution >= 0.6 is 0 Å². The van der Waals surface area contributed by atoms with E-state index in [1.807, 2.05) is 0 Å². The summed E-state index contributed by atoms with van der Waals surface area (Å²) in [6.45, 7) is 0. The Morgan fingerprint density at radius 2 is 1.64 bits per heavy atom. The van der Waals surface area contributed by atoms with Gasteiger partial charge in [-0.15, -0.1) is 0 Å². The summed E-state index contributed by atoms with van der Waals surface area (Å²) >= 11 is 0. The fourth-order valence-corrected chi connectivity index (χ4v) is 7.19. The maximum absolute atomic E-state index is 14.0.